The lowest BCUT2D eigenvalue weighted by Gasteiger charge is -2.20. The van der Waals surface area contributed by atoms with E-state index in [9.17, 15) is 19.2 Å². The number of ketones is 1. The van der Waals surface area contributed by atoms with E-state index >= 15 is 0 Å². The van der Waals surface area contributed by atoms with Crippen molar-refractivity contribution in [1.29, 1.82) is 0 Å². The van der Waals surface area contributed by atoms with E-state index < -0.39 is 41.6 Å². The van der Waals surface area contributed by atoms with Crippen molar-refractivity contribution in [3.63, 3.8) is 0 Å². The van der Waals surface area contributed by atoms with Crippen LogP contribution in [0.25, 0.3) is 0 Å². The van der Waals surface area contributed by atoms with Crippen molar-refractivity contribution in [3.05, 3.63) is 0 Å². The first-order valence-corrected chi connectivity index (χ1v) is 5.75. The maximum atomic E-state index is 11.8. The van der Waals surface area contributed by atoms with Gasteiger partial charge in [0.25, 0.3) is 0 Å². The highest BCUT2D eigenvalue weighted by molar-refractivity contribution is 6.02. The number of hydrogen-bond donors (Lipinski definition) is 0. The number of ether oxygens (including phenoxy) is 3. The molecule has 0 N–H and O–H groups in total. The Bertz CT molecular complexity index is 401. The van der Waals surface area contributed by atoms with E-state index in [-0.39, 0.29) is 12.8 Å². The number of hydrogen-bond acceptors (Lipinski definition) is 7. The molecule has 0 aliphatic heterocycles. The van der Waals surface area contributed by atoms with Crippen LogP contribution in [0.4, 0.5) is 0 Å². The largest absolute Gasteiger partial charge is 0.469 e. The second kappa shape index (κ2) is 6.31. The summed E-state index contributed by atoms with van der Waals surface area (Å²) in [5.74, 6) is -4.10. The quantitative estimate of drug-likeness (QED) is 0.399. The van der Waals surface area contributed by atoms with E-state index in [0.29, 0.717) is 0 Å². The lowest BCUT2D eigenvalue weighted by atomic mass is 9.91. The van der Waals surface area contributed by atoms with Crippen LogP contribution in [0.5, 0.6) is 0 Å². The van der Waals surface area contributed by atoms with Crippen molar-refractivity contribution in [2.75, 3.05) is 14.2 Å². The van der Waals surface area contributed by atoms with Crippen LogP contribution in [0, 0.1) is 11.8 Å². The van der Waals surface area contributed by atoms with Crippen LogP contribution in [0.2, 0.25) is 0 Å². The lowest BCUT2D eigenvalue weighted by molar-refractivity contribution is -0.157. The van der Waals surface area contributed by atoms with Gasteiger partial charge in [0.1, 0.15) is 12.0 Å². The number of Topliss-reactive ketones (excluding diaryl/α,β-unsaturated/α-hetero) is 1. The molecule has 0 heterocycles. The molecule has 0 aromatic rings. The average Bonchev–Trinajstić information content (AvgIpc) is 2.63. The zero-order chi connectivity index (χ0) is 14.6. The third-order valence-corrected chi connectivity index (χ3v) is 3.06. The van der Waals surface area contributed by atoms with Crippen molar-refractivity contribution in [2.24, 2.45) is 11.8 Å². The van der Waals surface area contributed by atoms with Crippen molar-refractivity contribution in [1.82, 2.24) is 0 Å². The minimum absolute atomic E-state index is 0.0962. The Hall–Kier alpha value is -1.92. The summed E-state index contributed by atoms with van der Waals surface area (Å²) < 4.78 is 14.1. The monoisotopic (exact) mass is 272 g/mol. The van der Waals surface area contributed by atoms with Crippen LogP contribution in [-0.4, -0.2) is 44.0 Å². The van der Waals surface area contributed by atoms with Gasteiger partial charge in [0.05, 0.1) is 20.6 Å². The minimum atomic E-state index is -1.09. The number of carbonyl (C=O) groups is 4. The first-order valence-electron chi connectivity index (χ1n) is 5.75. The minimum Gasteiger partial charge on any atom is -0.469 e. The van der Waals surface area contributed by atoms with Gasteiger partial charge in [-0.1, -0.05) is 0 Å². The zero-order valence-corrected chi connectivity index (χ0v) is 11.0. The van der Waals surface area contributed by atoms with Crippen molar-refractivity contribution < 1.29 is 33.4 Å². The molecule has 0 spiro atoms. The van der Waals surface area contributed by atoms with E-state index in [0.717, 1.165) is 7.11 Å². The molecule has 3 atom stereocenters. The van der Waals surface area contributed by atoms with Gasteiger partial charge in [0, 0.05) is 19.3 Å². The molecule has 1 rings (SSSR count). The topological polar surface area (TPSA) is 96.0 Å². The molecule has 19 heavy (non-hydrogen) atoms. The average molecular weight is 272 g/mol. The Morgan fingerprint density at radius 1 is 1.21 bits per heavy atom. The lowest BCUT2D eigenvalue weighted by Crippen LogP contribution is -2.32. The fourth-order valence-corrected chi connectivity index (χ4v) is 2.23. The highest BCUT2D eigenvalue weighted by atomic mass is 16.5. The van der Waals surface area contributed by atoms with E-state index in [1.165, 1.54) is 14.0 Å². The van der Waals surface area contributed by atoms with Crippen LogP contribution in [0.15, 0.2) is 0 Å². The van der Waals surface area contributed by atoms with E-state index in [2.05, 4.69) is 9.47 Å². The van der Waals surface area contributed by atoms with Gasteiger partial charge in [-0.05, 0) is 0 Å². The number of carbonyl (C=O) groups excluding carboxylic acids is 4. The molecule has 0 aromatic heterocycles. The van der Waals surface area contributed by atoms with Crippen LogP contribution in [0.3, 0.4) is 0 Å². The van der Waals surface area contributed by atoms with Gasteiger partial charge in [0.2, 0.25) is 0 Å². The summed E-state index contributed by atoms with van der Waals surface area (Å²) in [7, 11) is 2.36. The Labute approximate surface area is 110 Å². The number of methoxy groups -OCH3 is 2. The molecular weight excluding hydrogens is 256 g/mol. The molecule has 1 fully saturated rings. The molecule has 3 unspecified atom stereocenters. The standard InChI is InChI=1S/C12H16O7/c1-6(13)19-9-5-8(14)11(12(16)18-3)7(9)4-10(15)17-2/h7,9,11H,4-5H2,1-3H3. The highest BCUT2D eigenvalue weighted by Crippen LogP contribution is 2.35. The van der Waals surface area contributed by atoms with E-state index in [1.54, 1.807) is 0 Å². The highest BCUT2D eigenvalue weighted by Gasteiger charge is 2.49. The molecule has 1 aliphatic carbocycles. The van der Waals surface area contributed by atoms with Crippen LogP contribution in [0.1, 0.15) is 19.8 Å². The summed E-state index contributed by atoms with van der Waals surface area (Å²) in [6.45, 7) is 1.20. The predicted molar refractivity (Wildman–Crippen MR) is 60.8 cm³/mol. The Morgan fingerprint density at radius 3 is 2.32 bits per heavy atom. The van der Waals surface area contributed by atoms with Gasteiger partial charge < -0.3 is 14.2 Å². The Kier molecular flexibility index (Phi) is 5.02. The van der Waals surface area contributed by atoms with E-state index in [1.807, 2.05) is 0 Å². The summed E-state index contributed by atoms with van der Waals surface area (Å²) in [4.78, 5) is 45.7. The molecule has 7 nitrogen and oxygen atoms in total. The maximum Gasteiger partial charge on any atom is 0.316 e. The van der Waals surface area contributed by atoms with Crippen LogP contribution in [-0.2, 0) is 33.4 Å². The smallest absolute Gasteiger partial charge is 0.316 e. The molecule has 1 saturated carbocycles. The maximum absolute atomic E-state index is 11.8. The Morgan fingerprint density at radius 2 is 1.84 bits per heavy atom. The van der Waals surface area contributed by atoms with Gasteiger partial charge in [0.15, 0.2) is 5.78 Å². The number of esters is 3. The fourth-order valence-electron chi connectivity index (χ4n) is 2.23. The van der Waals surface area contributed by atoms with Crippen LogP contribution >= 0.6 is 0 Å². The Balaban J connectivity index is 2.94. The normalized spacial score (nSPS) is 25.8. The third-order valence-electron chi connectivity index (χ3n) is 3.06. The van der Waals surface area contributed by atoms with Gasteiger partial charge >= 0.3 is 17.9 Å². The number of rotatable bonds is 4. The molecule has 0 radical (unpaired) electrons. The summed E-state index contributed by atoms with van der Waals surface area (Å²) >= 11 is 0. The van der Waals surface area contributed by atoms with Gasteiger partial charge in [-0.2, -0.15) is 0 Å². The van der Waals surface area contributed by atoms with Gasteiger partial charge in [-0.15, -0.1) is 0 Å². The zero-order valence-electron chi connectivity index (χ0n) is 11.0. The first kappa shape index (κ1) is 15.1. The van der Waals surface area contributed by atoms with Crippen molar-refractivity contribution in [2.45, 2.75) is 25.9 Å². The van der Waals surface area contributed by atoms with Crippen molar-refractivity contribution >= 4 is 23.7 Å². The second-order valence-electron chi connectivity index (χ2n) is 4.26. The molecule has 7 heteroatoms. The second-order valence-corrected chi connectivity index (χ2v) is 4.26. The summed E-state index contributed by atoms with van der Waals surface area (Å²) in [6.07, 6.45) is -1.07. The molecule has 0 aromatic carbocycles. The molecular formula is C12H16O7. The predicted octanol–water partition coefficient (Wildman–Crippen LogP) is -0.141. The first-order chi connectivity index (χ1) is 8.90. The van der Waals surface area contributed by atoms with Gasteiger partial charge in [-0.25, -0.2) is 0 Å². The summed E-state index contributed by atoms with van der Waals surface area (Å²) in [6, 6.07) is 0. The molecule has 1 aliphatic rings. The van der Waals surface area contributed by atoms with Gasteiger partial charge in [-0.3, -0.25) is 19.2 Å². The molecule has 0 saturated heterocycles. The fraction of sp³-hybridized carbons (Fsp3) is 0.667. The third kappa shape index (κ3) is 3.52. The SMILES string of the molecule is COC(=O)CC1C(OC(C)=O)CC(=O)C1C(=O)OC. The van der Waals surface area contributed by atoms with Crippen LogP contribution < -0.4 is 0 Å². The molecule has 0 bridgehead atoms. The van der Waals surface area contributed by atoms with Crippen molar-refractivity contribution in [3.8, 4) is 0 Å². The van der Waals surface area contributed by atoms with E-state index in [4.69, 9.17) is 4.74 Å². The summed E-state index contributed by atoms with van der Waals surface area (Å²) in [5.41, 5.74) is 0. The summed E-state index contributed by atoms with van der Waals surface area (Å²) in [5, 5.41) is 0. The molecule has 0 amide bonds. The molecule has 106 valence electrons.